The summed E-state index contributed by atoms with van der Waals surface area (Å²) in [6, 6.07) is 4.98. The number of nitrogens with one attached hydrogen (secondary N) is 2. The average Bonchev–Trinajstić information content (AvgIpc) is 3.86. The van der Waals surface area contributed by atoms with Crippen molar-refractivity contribution in [3.63, 3.8) is 0 Å². The highest BCUT2D eigenvalue weighted by Gasteiger charge is 2.66. The fraction of sp³-hybridized carbons (Fsp3) is 0.764. The van der Waals surface area contributed by atoms with E-state index in [1.807, 2.05) is 6.92 Å². The highest BCUT2D eigenvalue weighted by atomic mass is 35.5. The molecule has 10 nitrogen and oxygen atoms in total. The molecular formula is C55H80ClN3O7. The summed E-state index contributed by atoms with van der Waals surface area (Å²) in [6.45, 7) is 23.5. The molecule has 0 bridgehead atoms. The van der Waals surface area contributed by atoms with Crippen molar-refractivity contribution in [2.45, 2.75) is 158 Å². The van der Waals surface area contributed by atoms with Gasteiger partial charge in [0.05, 0.1) is 11.5 Å². The molecule has 6 fully saturated rings. The van der Waals surface area contributed by atoms with Gasteiger partial charge in [-0.25, -0.2) is 0 Å². The molecule has 11 heteroatoms. The zero-order valence-corrected chi connectivity index (χ0v) is 42.3. The number of likely N-dealkylation sites (tertiary alicyclic amines) is 1. The number of Topliss-reactive ketones (excluding diaryl/α,β-unsaturated/α-hetero) is 2. The summed E-state index contributed by atoms with van der Waals surface area (Å²) in [4.78, 5) is 69.6. The molecule has 0 aromatic heterocycles. The number of aliphatic carboxylic acids is 1. The van der Waals surface area contributed by atoms with E-state index in [2.05, 4.69) is 57.1 Å². The van der Waals surface area contributed by atoms with E-state index in [4.69, 9.17) is 16.3 Å². The zero-order valence-electron chi connectivity index (χ0n) is 41.6. The van der Waals surface area contributed by atoms with Gasteiger partial charge in [0.2, 0.25) is 5.91 Å². The molecule has 11 unspecified atom stereocenters. The fourth-order valence-corrected chi connectivity index (χ4v) is 16.4. The highest BCUT2D eigenvalue weighted by molar-refractivity contribution is 6.30. The summed E-state index contributed by atoms with van der Waals surface area (Å²) in [5.74, 6) is 1.31. The number of carboxylic acid groups (broad SMARTS) is 1. The molecule has 11 atom stereocenters. The Morgan fingerprint density at radius 2 is 1.65 bits per heavy atom. The van der Waals surface area contributed by atoms with E-state index in [1.165, 1.54) is 18.4 Å². The van der Waals surface area contributed by atoms with Crippen molar-refractivity contribution in [1.29, 1.82) is 0 Å². The van der Waals surface area contributed by atoms with Crippen LogP contribution in [0.4, 0.5) is 0 Å². The Balaban J connectivity index is 0.927. The topological polar surface area (TPSA) is 142 Å². The Kier molecular flexibility index (Phi) is 13.6. The quantitative estimate of drug-likeness (QED) is 0.158. The molecule has 5 saturated carbocycles. The van der Waals surface area contributed by atoms with E-state index in [0.29, 0.717) is 84.8 Å². The molecule has 66 heavy (non-hydrogen) atoms. The van der Waals surface area contributed by atoms with Gasteiger partial charge in [0, 0.05) is 42.3 Å². The Bertz CT molecular complexity index is 2120. The Labute approximate surface area is 399 Å². The van der Waals surface area contributed by atoms with Crippen molar-refractivity contribution in [3.8, 4) is 5.75 Å². The lowest BCUT2D eigenvalue weighted by Gasteiger charge is -2.69. The SMILES string of the molecule is CC(C)C1=C2C3CCC4C(C)(CCC5C(C)(C)C(CC(=O)C6CC(C(=O)O)C6C)CCC54C)C3CCC2(CCNC(=O)C(C)(C)NC(=O)c2ccc(Cl)cc2OCCN2CCCC2)CC1=O. The number of benzene rings is 1. The maximum atomic E-state index is 14.2. The predicted molar refractivity (Wildman–Crippen MR) is 258 cm³/mol. The van der Waals surface area contributed by atoms with E-state index < -0.39 is 23.3 Å². The summed E-state index contributed by atoms with van der Waals surface area (Å²) >= 11 is 6.33. The molecule has 2 amide bonds. The first-order valence-electron chi connectivity index (χ1n) is 25.8. The van der Waals surface area contributed by atoms with Gasteiger partial charge in [-0.1, -0.05) is 65.6 Å². The van der Waals surface area contributed by atoms with Crippen LogP contribution in [0.1, 0.15) is 163 Å². The number of nitrogens with zero attached hydrogens (tertiary/aromatic N) is 1. The molecular weight excluding hydrogens is 850 g/mol. The second-order valence-corrected chi connectivity index (χ2v) is 24.8. The van der Waals surface area contributed by atoms with E-state index in [9.17, 15) is 29.1 Å². The minimum atomic E-state index is -1.21. The first kappa shape index (κ1) is 49.2. The molecule has 1 heterocycles. The molecule has 0 spiro atoms. The summed E-state index contributed by atoms with van der Waals surface area (Å²) in [5, 5.41) is 16.2. The largest absolute Gasteiger partial charge is 0.491 e. The third kappa shape index (κ3) is 8.61. The maximum absolute atomic E-state index is 14.2. The number of carbonyl (C=O) groups is 5. The van der Waals surface area contributed by atoms with Crippen molar-refractivity contribution in [1.82, 2.24) is 15.5 Å². The van der Waals surface area contributed by atoms with Crippen LogP contribution in [0.5, 0.6) is 5.75 Å². The van der Waals surface area contributed by atoms with Crippen molar-refractivity contribution < 1.29 is 33.8 Å². The second kappa shape index (κ2) is 18.3. The van der Waals surface area contributed by atoms with Crippen LogP contribution >= 0.6 is 11.6 Å². The summed E-state index contributed by atoms with van der Waals surface area (Å²) < 4.78 is 6.09. The first-order valence-corrected chi connectivity index (χ1v) is 26.2. The number of ether oxygens (including phenoxy) is 1. The lowest BCUT2D eigenvalue weighted by atomic mass is 9.35. The lowest BCUT2D eigenvalue weighted by molar-refractivity contribution is -0.193. The minimum Gasteiger partial charge on any atom is -0.491 e. The van der Waals surface area contributed by atoms with Gasteiger partial charge in [-0.05, 0) is 185 Å². The van der Waals surface area contributed by atoms with Crippen molar-refractivity contribution in [2.75, 3.05) is 32.8 Å². The van der Waals surface area contributed by atoms with Crippen LogP contribution in [0.15, 0.2) is 29.3 Å². The van der Waals surface area contributed by atoms with Crippen molar-refractivity contribution >= 4 is 41.0 Å². The van der Waals surface area contributed by atoms with Crippen LogP contribution in [-0.2, 0) is 19.2 Å². The number of amides is 2. The highest BCUT2D eigenvalue weighted by Crippen LogP contribution is 2.74. The van der Waals surface area contributed by atoms with E-state index >= 15 is 0 Å². The van der Waals surface area contributed by atoms with Gasteiger partial charge < -0.3 is 20.5 Å². The fourth-order valence-electron chi connectivity index (χ4n) is 16.3. The molecule has 364 valence electrons. The number of halogens is 1. The first-order chi connectivity index (χ1) is 31.0. The summed E-state index contributed by atoms with van der Waals surface area (Å²) in [5.41, 5.74) is 1.63. The number of ketones is 2. The molecule has 1 aromatic rings. The average molecular weight is 931 g/mol. The number of carbonyl (C=O) groups excluding carboxylic acids is 4. The number of carboxylic acids is 1. The van der Waals surface area contributed by atoms with Gasteiger partial charge in [-0.2, -0.15) is 0 Å². The Hall–Kier alpha value is -3.24. The van der Waals surface area contributed by atoms with E-state index in [1.54, 1.807) is 32.0 Å². The standard InChI is InChI=1S/C55H80ClN3O7/c1-32(2)46-42(61)31-55(22-23-57-50(65)52(6,7)58-48(62)37-13-12-35(56)29-43(37)66-27-26-59-24-10-11-25-59)21-17-40-36(47(46)55)14-15-45-53(40,8)20-18-44-51(4,5)34(16-19-54(44,45)9)28-41(60)38-30-39(33(38)3)49(63)64/h12-13,29,32-34,36,38-40,44-45H,10-11,14-28,30-31H2,1-9H3,(H,57,65)(H,58,62)(H,63,64). The minimum absolute atomic E-state index is 0.00870. The maximum Gasteiger partial charge on any atom is 0.306 e. The van der Waals surface area contributed by atoms with Gasteiger partial charge in [0.1, 0.15) is 23.7 Å². The molecule has 7 aliphatic rings. The summed E-state index contributed by atoms with van der Waals surface area (Å²) in [6.07, 6.45) is 13.4. The van der Waals surface area contributed by atoms with Gasteiger partial charge >= 0.3 is 5.97 Å². The number of hydrogen-bond donors (Lipinski definition) is 3. The van der Waals surface area contributed by atoms with Crippen LogP contribution in [0.3, 0.4) is 0 Å². The molecule has 6 aliphatic carbocycles. The molecule has 3 N–H and O–H groups in total. The Morgan fingerprint density at radius 3 is 2.33 bits per heavy atom. The van der Waals surface area contributed by atoms with Crippen LogP contribution in [0.25, 0.3) is 0 Å². The number of fused-ring (bicyclic) bond motifs is 7. The van der Waals surface area contributed by atoms with Crippen molar-refractivity contribution in [2.24, 2.45) is 74.9 Å². The molecule has 0 radical (unpaired) electrons. The molecule has 1 aliphatic heterocycles. The molecule has 1 saturated heterocycles. The van der Waals surface area contributed by atoms with Crippen molar-refractivity contribution in [3.05, 3.63) is 39.9 Å². The molecule has 1 aromatic carbocycles. The number of hydrogen-bond acceptors (Lipinski definition) is 7. The second-order valence-electron chi connectivity index (χ2n) is 24.3. The third-order valence-corrected chi connectivity index (χ3v) is 20.1. The van der Waals surface area contributed by atoms with Gasteiger partial charge in [0.25, 0.3) is 5.91 Å². The monoisotopic (exact) mass is 930 g/mol. The van der Waals surface area contributed by atoms with Gasteiger partial charge in [-0.15, -0.1) is 0 Å². The van der Waals surface area contributed by atoms with E-state index in [0.717, 1.165) is 76.6 Å². The lowest BCUT2D eigenvalue weighted by Crippen LogP contribution is -2.62. The third-order valence-electron chi connectivity index (χ3n) is 19.9. The van der Waals surface area contributed by atoms with E-state index in [-0.39, 0.29) is 56.9 Å². The normalized spacial score (nSPS) is 36.1. The van der Waals surface area contributed by atoms with Crippen LogP contribution in [-0.4, -0.2) is 77.7 Å². The number of allylic oxidation sites excluding steroid dienone is 2. The summed E-state index contributed by atoms with van der Waals surface area (Å²) in [7, 11) is 0. The van der Waals surface area contributed by atoms with Gasteiger partial charge in [-0.3, -0.25) is 28.9 Å². The van der Waals surface area contributed by atoms with Crippen LogP contribution in [0.2, 0.25) is 5.02 Å². The number of rotatable bonds is 15. The smallest absolute Gasteiger partial charge is 0.306 e. The van der Waals surface area contributed by atoms with Crippen LogP contribution in [0, 0.1) is 74.9 Å². The predicted octanol–water partition coefficient (Wildman–Crippen LogP) is 10.4. The Morgan fingerprint density at radius 1 is 0.939 bits per heavy atom. The van der Waals surface area contributed by atoms with Gasteiger partial charge in [0.15, 0.2) is 5.78 Å². The molecule has 8 rings (SSSR count). The van der Waals surface area contributed by atoms with Crippen LogP contribution < -0.4 is 15.4 Å². The zero-order chi connectivity index (χ0) is 47.7.